The van der Waals surface area contributed by atoms with Gasteiger partial charge in [-0.15, -0.1) is 0 Å². The van der Waals surface area contributed by atoms with Crippen LogP contribution in [0.5, 0.6) is 0 Å². The average Bonchev–Trinajstić information content (AvgIpc) is 3.18. The van der Waals surface area contributed by atoms with Crippen molar-refractivity contribution in [3.8, 4) is 0 Å². The minimum Gasteiger partial charge on any atom is -0.368 e. The second kappa shape index (κ2) is 8.32. The van der Waals surface area contributed by atoms with Crippen molar-refractivity contribution in [1.82, 2.24) is 14.9 Å². The van der Waals surface area contributed by atoms with Crippen LogP contribution in [0.2, 0.25) is 0 Å². The summed E-state index contributed by atoms with van der Waals surface area (Å²) in [5.74, 6) is -0.585. The fraction of sp³-hybridized carbons (Fsp3) is 0.588. The molecule has 0 aliphatic carbocycles. The molecule has 7 nitrogen and oxygen atoms in total. The molecule has 0 aromatic heterocycles. The lowest BCUT2D eigenvalue weighted by molar-refractivity contribution is -0.123. The van der Waals surface area contributed by atoms with Crippen LogP contribution < -0.4 is 15.5 Å². The highest BCUT2D eigenvalue weighted by atomic mass is 32.2. The summed E-state index contributed by atoms with van der Waals surface area (Å²) in [6.45, 7) is 3.06. The Kier molecular flexibility index (Phi) is 6.10. The molecule has 1 aromatic rings. The van der Waals surface area contributed by atoms with Gasteiger partial charge in [0.25, 0.3) is 0 Å². The lowest BCUT2D eigenvalue weighted by Gasteiger charge is -2.34. The van der Waals surface area contributed by atoms with E-state index in [1.807, 2.05) is 4.90 Å². The molecule has 2 N–H and O–H groups in total. The third-order valence-corrected chi connectivity index (χ3v) is 6.67. The smallest absolute Gasteiger partial charge is 0.239 e. The summed E-state index contributed by atoms with van der Waals surface area (Å²) in [6, 6.07) is 5.75. The Morgan fingerprint density at radius 1 is 1.19 bits per heavy atom. The molecule has 2 aliphatic rings. The van der Waals surface area contributed by atoms with E-state index in [-0.39, 0.29) is 24.0 Å². The molecule has 1 aromatic carbocycles. The molecular weight excluding hydrogens is 359 g/mol. The van der Waals surface area contributed by atoms with E-state index in [4.69, 9.17) is 0 Å². The summed E-state index contributed by atoms with van der Waals surface area (Å²) in [5, 5.41) is 5.86. The van der Waals surface area contributed by atoms with Crippen molar-refractivity contribution < 1.29 is 17.6 Å². The molecule has 0 saturated carbocycles. The minimum absolute atomic E-state index is 0.0763. The molecule has 1 atom stereocenters. The number of hydrogen-bond acceptors (Lipinski definition) is 5. The maximum Gasteiger partial charge on any atom is 0.239 e. The largest absolute Gasteiger partial charge is 0.368 e. The molecule has 9 heteroatoms. The molecule has 3 rings (SSSR count). The van der Waals surface area contributed by atoms with Crippen LogP contribution in [0.1, 0.15) is 12.8 Å². The first-order valence-electron chi connectivity index (χ1n) is 8.95. The second-order valence-corrected chi connectivity index (χ2v) is 8.73. The number of piperazine rings is 1. The number of rotatable bonds is 6. The first-order chi connectivity index (χ1) is 12.5. The highest BCUT2D eigenvalue weighted by Gasteiger charge is 2.27. The zero-order valence-electron chi connectivity index (χ0n) is 14.7. The number of nitrogens with one attached hydrogen (secondary N) is 2. The average molecular weight is 384 g/mol. The number of sulfonamides is 1. The number of benzene rings is 1. The topological polar surface area (TPSA) is 81.8 Å². The highest BCUT2D eigenvalue weighted by Crippen LogP contribution is 2.16. The van der Waals surface area contributed by atoms with Gasteiger partial charge in [0.05, 0.1) is 5.75 Å². The Bertz CT molecular complexity index is 720. The SMILES string of the molecule is O=C(NCCS(=O)(=O)N1CCCC1)[C@@H]1CN(c2ccc(F)cc2)CCN1. The lowest BCUT2D eigenvalue weighted by Crippen LogP contribution is -2.57. The quantitative estimate of drug-likeness (QED) is 0.730. The van der Waals surface area contributed by atoms with E-state index in [9.17, 15) is 17.6 Å². The monoisotopic (exact) mass is 384 g/mol. The fourth-order valence-electron chi connectivity index (χ4n) is 3.33. The summed E-state index contributed by atoms with van der Waals surface area (Å²) < 4.78 is 38.9. The van der Waals surface area contributed by atoms with Crippen LogP contribution in [0.4, 0.5) is 10.1 Å². The summed E-state index contributed by atoms with van der Waals surface area (Å²) in [4.78, 5) is 14.4. The number of nitrogens with zero attached hydrogens (tertiary/aromatic N) is 2. The van der Waals surface area contributed by atoms with Crippen molar-refractivity contribution in [2.75, 3.05) is 49.9 Å². The summed E-state index contributed by atoms with van der Waals surface area (Å²) in [6.07, 6.45) is 1.80. The Labute approximate surface area is 153 Å². The Balaban J connectivity index is 1.49. The number of halogens is 1. The molecule has 0 radical (unpaired) electrons. The van der Waals surface area contributed by atoms with E-state index >= 15 is 0 Å². The number of amides is 1. The van der Waals surface area contributed by atoms with E-state index in [0.717, 1.165) is 25.1 Å². The Morgan fingerprint density at radius 3 is 2.58 bits per heavy atom. The molecule has 0 bridgehead atoms. The minimum atomic E-state index is -3.29. The first-order valence-corrected chi connectivity index (χ1v) is 10.6. The van der Waals surface area contributed by atoms with E-state index < -0.39 is 16.1 Å². The van der Waals surface area contributed by atoms with E-state index in [0.29, 0.717) is 26.2 Å². The number of anilines is 1. The van der Waals surface area contributed by atoms with Crippen LogP contribution in [-0.4, -0.2) is 69.7 Å². The zero-order chi connectivity index (χ0) is 18.6. The summed E-state index contributed by atoms with van der Waals surface area (Å²) in [7, 11) is -3.29. The predicted molar refractivity (Wildman–Crippen MR) is 98.0 cm³/mol. The van der Waals surface area contributed by atoms with Crippen molar-refractivity contribution in [2.24, 2.45) is 0 Å². The van der Waals surface area contributed by atoms with Gasteiger partial charge in [0, 0.05) is 45.0 Å². The van der Waals surface area contributed by atoms with E-state index in [1.165, 1.54) is 16.4 Å². The number of carbonyl (C=O) groups is 1. The van der Waals surface area contributed by atoms with Gasteiger partial charge in [-0.3, -0.25) is 4.79 Å². The van der Waals surface area contributed by atoms with Gasteiger partial charge in [-0.2, -0.15) is 0 Å². The Hall–Kier alpha value is -1.71. The summed E-state index contributed by atoms with van der Waals surface area (Å²) >= 11 is 0. The maximum atomic E-state index is 13.1. The molecule has 2 fully saturated rings. The van der Waals surface area contributed by atoms with Crippen molar-refractivity contribution in [2.45, 2.75) is 18.9 Å². The van der Waals surface area contributed by atoms with Crippen molar-refractivity contribution >= 4 is 21.6 Å². The molecule has 0 unspecified atom stereocenters. The molecule has 2 aliphatic heterocycles. The maximum absolute atomic E-state index is 13.1. The van der Waals surface area contributed by atoms with Crippen molar-refractivity contribution in [1.29, 1.82) is 0 Å². The van der Waals surface area contributed by atoms with Gasteiger partial charge >= 0.3 is 0 Å². The van der Waals surface area contributed by atoms with Gasteiger partial charge in [-0.1, -0.05) is 0 Å². The van der Waals surface area contributed by atoms with Gasteiger partial charge in [0.2, 0.25) is 15.9 Å². The van der Waals surface area contributed by atoms with Gasteiger partial charge in [0.1, 0.15) is 11.9 Å². The molecular formula is C17H25FN4O3S. The van der Waals surface area contributed by atoms with Gasteiger partial charge < -0.3 is 15.5 Å². The van der Waals surface area contributed by atoms with Crippen LogP contribution in [-0.2, 0) is 14.8 Å². The van der Waals surface area contributed by atoms with E-state index in [1.54, 1.807) is 12.1 Å². The van der Waals surface area contributed by atoms with Crippen molar-refractivity contribution in [3.63, 3.8) is 0 Å². The molecule has 1 amide bonds. The van der Waals surface area contributed by atoms with Crippen LogP contribution in [0.25, 0.3) is 0 Å². The lowest BCUT2D eigenvalue weighted by atomic mass is 10.1. The van der Waals surface area contributed by atoms with Crippen LogP contribution in [0.3, 0.4) is 0 Å². The molecule has 144 valence electrons. The van der Waals surface area contributed by atoms with E-state index in [2.05, 4.69) is 10.6 Å². The Morgan fingerprint density at radius 2 is 1.88 bits per heavy atom. The molecule has 2 heterocycles. The molecule has 26 heavy (non-hydrogen) atoms. The zero-order valence-corrected chi connectivity index (χ0v) is 15.5. The van der Waals surface area contributed by atoms with Gasteiger partial charge in [-0.25, -0.2) is 17.1 Å². The van der Waals surface area contributed by atoms with Crippen LogP contribution >= 0.6 is 0 Å². The third-order valence-electron chi connectivity index (χ3n) is 4.80. The number of carbonyl (C=O) groups excluding carboxylic acids is 1. The standard InChI is InChI=1S/C17H25FN4O3S/c18-14-3-5-15(6-4-14)21-11-7-19-16(13-21)17(23)20-8-12-26(24,25)22-9-1-2-10-22/h3-6,16,19H,1-2,7-13H2,(H,20,23)/t16-/m0/s1. The number of hydrogen-bond donors (Lipinski definition) is 2. The summed E-state index contributed by atoms with van der Waals surface area (Å²) in [5.41, 5.74) is 0.863. The third kappa shape index (κ3) is 4.72. The second-order valence-electron chi connectivity index (χ2n) is 6.64. The predicted octanol–water partition coefficient (Wildman–Crippen LogP) is 0.146. The van der Waals surface area contributed by atoms with Crippen LogP contribution in [0.15, 0.2) is 24.3 Å². The molecule has 0 spiro atoms. The van der Waals surface area contributed by atoms with Crippen LogP contribution in [0, 0.1) is 5.82 Å². The fourth-order valence-corrected chi connectivity index (χ4v) is 4.77. The van der Waals surface area contributed by atoms with Gasteiger partial charge in [-0.05, 0) is 37.1 Å². The van der Waals surface area contributed by atoms with Crippen molar-refractivity contribution in [3.05, 3.63) is 30.1 Å². The first kappa shape index (κ1) is 19.1. The molecule has 2 saturated heterocycles. The highest BCUT2D eigenvalue weighted by molar-refractivity contribution is 7.89. The normalized spacial score (nSPS) is 21.7. The van der Waals surface area contributed by atoms with Gasteiger partial charge in [0.15, 0.2) is 0 Å².